The number of benzene rings is 1. The molecule has 0 saturated heterocycles. The molecule has 5 nitrogen and oxygen atoms in total. The molecule has 0 aliphatic rings. The minimum atomic E-state index is -3.94. The van der Waals surface area contributed by atoms with Crippen molar-refractivity contribution in [2.75, 3.05) is 18.0 Å². The smallest absolute Gasteiger partial charge is 0.235 e. The van der Waals surface area contributed by atoms with Gasteiger partial charge in [0, 0.05) is 6.54 Å². The number of halogens is 1. The Hall–Kier alpha value is -1.63. The fraction of sp³-hybridized carbons (Fsp3) is 0.417. The highest BCUT2D eigenvalue weighted by Gasteiger charge is 2.22. The summed E-state index contributed by atoms with van der Waals surface area (Å²) >= 11 is 0. The van der Waals surface area contributed by atoms with Gasteiger partial charge in [-0.05, 0) is 24.1 Å². The summed E-state index contributed by atoms with van der Waals surface area (Å²) in [6, 6.07) is 3.04. The Bertz CT molecular complexity index is 570. The SMILES string of the molecule is CC(C)CNC(=O)CS(=O)(=O)c1cc(F)ccc1N. The van der Waals surface area contributed by atoms with Crippen LogP contribution in [0, 0.1) is 11.7 Å². The number of carbonyl (C=O) groups excluding carboxylic acids is 1. The van der Waals surface area contributed by atoms with Gasteiger partial charge in [0.15, 0.2) is 9.84 Å². The number of carbonyl (C=O) groups is 1. The van der Waals surface area contributed by atoms with Crippen molar-refractivity contribution in [3.05, 3.63) is 24.0 Å². The van der Waals surface area contributed by atoms with E-state index in [-0.39, 0.29) is 16.5 Å². The minimum absolute atomic E-state index is 0.0712. The predicted molar refractivity (Wildman–Crippen MR) is 70.7 cm³/mol. The first-order valence-electron chi connectivity index (χ1n) is 5.77. The summed E-state index contributed by atoms with van der Waals surface area (Å²) in [6.07, 6.45) is 0. The second-order valence-electron chi connectivity index (χ2n) is 4.64. The number of hydrogen-bond donors (Lipinski definition) is 2. The molecule has 106 valence electrons. The van der Waals surface area contributed by atoms with Crippen LogP contribution in [0.4, 0.5) is 10.1 Å². The van der Waals surface area contributed by atoms with Crippen molar-refractivity contribution in [1.82, 2.24) is 5.32 Å². The molecular weight excluding hydrogens is 271 g/mol. The summed E-state index contributed by atoms with van der Waals surface area (Å²) in [5.41, 5.74) is 5.42. The lowest BCUT2D eigenvalue weighted by molar-refractivity contribution is -0.118. The van der Waals surface area contributed by atoms with E-state index in [9.17, 15) is 17.6 Å². The standard InChI is InChI=1S/C12H17FN2O3S/c1-8(2)6-15-12(16)7-19(17,18)11-5-9(13)3-4-10(11)14/h3-5,8H,6-7,14H2,1-2H3,(H,15,16). The second-order valence-corrected chi connectivity index (χ2v) is 6.60. The van der Waals surface area contributed by atoms with Crippen LogP contribution < -0.4 is 11.1 Å². The molecule has 0 spiro atoms. The molecule has 1 aromatic carbocycles. The first-order valence-corrected chi connectivity index (χ1v) is 7.42. The van der Waals surface area contributed by atoms with Gasteiger partial charge in [-0.1, -0.05) is 13.8 Å². The van der Waals surface area contributed by atoms with E-state index in [1.807, 2.05) is 13.8 Å². The monoisotopic (exact) mass is 288 g/mol. The Morgan fingerprint density at radius 1 is 1.42 bits per heavy atom. The largest absolute Gasteiger partial charge is 0.398 e. The summed E-state index contributed by atoms with van der Waals surface area (Å²) < 4.78 is 37.0. The van der Waals surface area contributed by atoms with Crippen LogP contribution in [0.1, 0.15) is 13.8 Å². The van der Waals surface area contributed by atoms with Crippen molar-refractivity contribution < 1.29 is 17.6 Å². The van der Waals surface area contributed by atoms with Crippen molar-refractivity contribution >= 4 is 21.4 Å². The fourth-order valence-corrected chi connectivity index (χ4v) is 2.72. The van der Waals surface area contributed by atoms with Crippen LogP contribution >= 0.6 is 0 Å². The molecule has 3 N–H and O–H groups in total. The lowest BCUT2D eigenvalue weighted by Gasteiger charge is -2.09. The maximum absolute atomic E-state index is 13.0. The van der Waals surface area contributed by atoms with E-state index in [2.05, 4.69) is 5.32 Å². The van der Waals surface area contributed by atoms with Crippen LogP contribution in [0.2, 0.25) is 0 Å². The Morgan fingerprint density at radius 3 is 2.63 bits per heavy atom. The molecule has 0 fully saturated rings. The van der Waals surface area contributed by atoms with Gasteiger partial charge in [0.1, 0.15) is 11.6 Å². The molecule has 0 saturated carbocycles. The normalized spacial score (nSPS) is 11.6. The van der Waals surface area contributed by atoms with Crippen LogP contribution in [-0.2, 0) is 14.6 Å². The first-order chi connectivity index (χ1) is 8.72. The number of nitrogens with one attached hydrogen (secondary N) is 1. The van der Waals surface area contributed by atoms with Crippen LogP contribution in [0.25, 0.3) is 0 Å². The van der Waals surface area contributed by atoms with E-state index >= 15 is 0 Å². The average molecular weight is 288 g/mol. The van der Waals surface area contributed by atoms with Crippen molar-refractivity contribution in [2.45, 2.75) is 18.7 Å². The zero-order chi connectivity index (χ0) is 14.6. The third-order valence-electron chi connectivity index (χ3n) is 2.34. The number of amides is 1. The van der Waals surface area contributed by atoms with Gasteiger partial charge in [-0.25, -0.2) is 12.8 Å². The maximum Gasteiger partial charge on any atom is 0.235 e. The molecule has 0 bridgehead atoms. The molecule has 1 rings (SSSR count). The quantitative estimate of drug-likeness (QED) is 0.790. The zero-order valence-electron chi connectivity index (χ0n) is 10.8. The number of anilines is 1. The lowest BCUT2D eigenvalue weighted by atomic mass is 10.2. The third kappa shape index (κ3) is 4.51. The van der Waals surface area contributed by atoms with E-state index in [1.54, 1.807) is 0 Å². The van der Waals surface area contributed by atoms with Gasteiger partial charge in [0.2, 0.25) is 5.91 Å². The molecule has 0 aliphatic heterocycles. The van der Waals surface area contributed by atoms with E-state index in [4.69, 9.17) is 5.73 Å². The highest BCUT2D eigenvalue weighted by molar-refractivity contribution is 7.92. The number of nitrogens with two attached hydrogens (primary N) is 1. The van der Waals surface area contributed by atoms with Gasteiger partial charge in [0.05, 0.1) is 10.6 Å². The second kappa shape index (κ2) is 6.01. The lowest BCUT2D eigenvalue weighted by Crippen LogP contribution is -2.33. The Balaban J connectivity index is 2.87. The summed E-state index contributed by atoms with van der Waals surface area (Å²) in [5, 5.41) is 2.49. The number of nitrogen functional groups attached to an aromatic ring is 1. The molecule has 7 heteroatoms. The molecule has 0 radical (unpaired) electrons. The van der Waals surface area contributed by atoms with Crippen molar-refractivity contribution in [1.29, 1.82) is 0 Å². The zero-order valence-corrected chi connectivity index (χ0v) is 11.6. The van der Waals surface area contributed by atoms with Crippen LogP contribution in [0.15, 0.2) is 23.1 Å². The van der Waals surface area contributed by atoms with Gasteiger partial charge >= 0.3 is 0 Å². The average Bonchev–Trinajstić information content (AvgIpc) is 2.29. The Kier molecular flexibility index (Phi) is 4.88. The predicted octanol–water partition coefficient (Wildman–Crippen LogP) is 0.954. The molecule has 0 aromatic heterocycles. The highest BCUT2D eigenvalue weighted by atomic mass is 32.2. The molecule has 0 heterocycles. The third-order valence-corrected chi connectivity index (χ3v) is 4.01. The first kappa shape index (κ1) is 15.4. The van der Waals surface area contributed by atoms with E-state index < -0.39 is 27.3 Å². The summed E-state index contributed by atoms with van der Waals surface area (Å²) in [6.45, 7) is 4.16. The van der Waals surface area contributed by atoms with Gasteiger partial charge in [-0.3, -0.25) is 4.79 Å². The number of rotatable bonds is 5. The fourth-order valence-electron chi connectivity index (χ4n) is 1.40. The topological polar surface area (TPSA) is 89.3 Å². The van der Waals surface area contributed by atoms with E-state index in [1.165, 1.54) is 0 Å². The van der Waals surface area contributed by atoms with Crippen LogP contribution in [0.3, 0.4) is 0 Å². The van der Waals surface area contributed by atoms with Crippen molar-refractivity contribution in [3.63, 3.8) is 0 Å². The molecular formula is C12H17FN2O3S. The summed E-state index contributed by atoms with van der Waals surface area (Å²) in [5.74, 6) is -1.87. The Labute approximate surface area is 111 Å². The number of hydrogen-bond acceptors (Lipinski definition) is 4. The molecule has 1 amide bonds. The molecule has 19 heavy (non-hydrogen) atoms. The summed E-state index contributed by atoms with van der Waals surface area (Å²) in [4.78, 5) is 11.2. The number of sulfone groups is 1. The Morgan fingerprint density at radius 2 is 2.05 bits per heavy atom. The minimum Gasteiger partial charge on any atom is -0.398 e. The highest BCUT2D eigenvalue weighted by Crippen LogP contribution is 2.20. The van der Waals surface area contributed by atoms with Gasteiger partial charge in [0.25, 0.3) is 0 Å². The van der Waals surface area contributed by atoms with Crippen molar-refractivity contribution in [3.8, 4) is 0 Å². The van der Waals surface area contributed by atoms with Gasteiger partial charge < -0.3 is 11.1 Å². The van der Waals surface area contributed by atoms with Crippen LogP contribution in [-0.4, -0.2) is 26.6 Å². The summed E-state index contributed by atoms with van der Waals surface area (Å²) in [7, 11) is -3.94. The van der Waals surface area contributed by atoms with E-state index in [0.717, 1.165) is 18.2 Å². The maximum atomic E-state index is 13.0. The van der Waals surface area contributed by atoms with Crippen molar-refractivity contribution in [2.24, 2.45) is 5.92 Å². The van der Waals surface area contributed by atoms with Gasteiger partial charge in [-0.2, -0.15) is 0 Å². The molecule has 0 aliphatic carbocycles. The van der Waals surface area contributed by atoms with Gasteiger partial charge in [-0.15, -0.1) is 0 Å². The van der Waals surface area contributed by atoms with E-state index in [0.29, 0.717) is 6.54 Å². The molecule has 0 atom stereocenters. The molecule has 1 aromatic rings. The molecule has 0 unspecified atom stereocenters. The van der Waals surface area contributed by atoms with Crippen LogP contribution in [0.5, 0.6) is 0 Å².